The molecule has 0 aromatic carbocycles. The normalized spacial score (nSPS) is 15.7. The lowest BCUT2D eigenvalue weighted by Crippen LogP contribution is -2.30. The van der Waals surface area contributed by atoms with Crippen LogP contribution in [0.25, 0.3) is 0 Å². The number of hydrogen-bond acceptors (Lipinski definition) is 15. The molecule has 0 aliphatic carbocycles. The zero-order chi connectivity index (χ0) is 62.5. The van der Waals surface area contributed by atoms with E-state index in [4.69, 9.17) is 37.0 Å². The van der Waals surface area contributed by atoms with Crippen molar-refractivity contribution in [3.8, 4) is 0 Å². The molecule has 0 aliphatic rings. The third-order valence-electron chi connectivity index (χ3n) is 16.3. The molecule has 0 fully saturated rings. The molecule has 0 heterocycles. The summed E-state index contributed by atoms with van der Waals surface area (Å²) in [5, 5.41) is 10.5. The molecular formula is C65H126O17P2. The Hall–Kier alpha value is -1.94. The van der Waals surface area contributed by atoms with Crippen LogP contribution >= 0.6 is 15.6 Å². The lowest BCUT2D eigenvalue weighted by Gasteiger charge is -2.21. The van der Waals surface area contributed by atoms with E-state index in [1.807, 2.05) is 0 Å². The molecule has 0 aromatic rings. The molecule has 498 valence electrons. The van der Waals surface area contributed by atoms with Gasteiger partial charge in [0.05, 0.1) is 26.4 Å². The van der Waals surface area contributed by atoms with E-state index >= 15 is 0 Å². The van der Waals surface area contributed by atoms with E-state index in [0.717, 1.165) is 126 Å². The van der Waals surface area contributed by atoms with Gasteiger partial charge in [-0.3, -0.25) is 37.3 Å². The number of hydrogen-bond donors (Lipinski definition) is 3. The first-order valence-corrected chi connectivity index (χ1v) is 36.8. The summed E-state index contributed by atoms with van der Waals surface area (Å²) in [6.45, 7) is 14.0. The predicted molar refractivity (Wildman–Crippen MR) is 335 cm³/mol. The van der Waals surface area contributed by atoms with Gasteiger partial charge in [0.1, 0.15) is 19.3 Å². The summed E-state index contributed by atoms with van der Waals surface area (Å²) in [5.74, 6) is 0.860. The lowest BCUT2D eigenvalue weighted by atomic mass is 9.99. The number of carbonyl (C=O) groups excluding carboxylic acids is 4. The second kappa shape index (κ2) is 55.2. The van der Waals surface area contributed by atoms with Crippen molar-refractivity contribution >= 4 is 39.5 Å². The molecule has 17 nitrogen and oxygen atoms in total. The van der Waals surface area contributed by atoms with Crippen LogP contribution in [0.5, 0.6) is 0 Å². The van der Waals surface area contributed by atoms with Crippen LogP contribution in [-0.2, 0) is 65.4 Å². The topological polar surface area (TPSA) is 237 Å². The maximum absolute atomic E-state index is 13.0. The lowest BCUT2D eigenvalue weighted by molar-refractivity contribution is -0.161. The highest BCUT2D eigenvalue weighted by Gasteiger charge is 2.30. The quantitative estimate of drug-likeness (QED) is 0.0222. The number of rotatable bonds is 62. The number of esters is 4. The molecule has 8 atom stereocenters. The van der Waals surface area contributed by atoms with E-state index in [1.165, 1.54) is 103 Å². The fraction of sp³-hybridized carbons (Fsp3) is 0.938. The van der Waals surface area contributed by atoms with Crippen molar-refractivity contribution in [3.05, 3.63) is 0 Å². The first-order valence-electron chi connectivity index (χ1n) is 33.9. The van der Waals surface area contributed by atoms with Crippen molar-refractivity contribution in [2.75, 3.05) is 39.6 Å². The van der Waals surface area contributed by atoms with Crippen molar-refractivity contribution < 1.29 is 80.2 Å². The Balaban J connectivity index is 5.28. The maximum atomic E-state index is 13.0. The highest BCUT2D eigenvalue weighted by atomic mass is 31.2. The Bertz CT molecular complexity index is 1570. The number of aliphatic hydroxyl groups excluding tert-OH is 1. The van der Waals surface area contributed by atoms with Crippen LogP contribution < -0.4 is 0 Å². The highest BCUT2D eigenvalue weighted by molar-refractivity contribution is 7.47. The minimum absolute atomic E-state index is 0.103. The third kappa shape index (κ3) is 54.2. The van der Waals surface area contributed by atoms with Crippen LogP contribution in [0.4, 0.5) is 0 Å². The van der Waals surface area contributed by atoms with Crippen LogP contribution in [0, 0.1) is 23.7 Å². The summed E-state index contributed by atoms with van der Waals surface area (Å²) in [6.07, 6.45) is 34.7. The number of phosphoric ester groups is 2. The van der Waals surface area contributed by atoms with Gasteiger partial charge in [-0.1, -0.05) is 261 Å². The molecule has 3 N–H and O–H groups in total. The number of carbonyl (C=O) groups is 4. The van der Waals surface area contributed by atoms with Gasteiger partial charge < -0.3 is 33.8 Å². The molecule has 84 heavy (non-hydrogen) atoms. The Morgan fingerprint density at radius 3 is 0.786 bits per heavy atom. The second-order valence-electron chi connectivity index (χ2n) is 24.5. The number of unbranched alkanes of at least 4 members (excludes halogenated alkanes) is 24. The van der Waals surface area contributed by atoms with Crippen LogP contribution in [0.1, 0.15) is 312 Å². The van der Waals surface area contributed by atoms with Gasteiger partial charge in [0.15, 0.2) is 12.2 Å². The van der Waals surface area contributed by atoms with Crippen LogP contribution in [0.3, 0.4) is 0 Å². The van der Waals surface area contributed by atoms with E-state index in [9.17, 15) is 43.2 Å². The molecule has 0 radical (unpaired) electrons. The van der Waals surface area contributed by atoms with Crippen molar-refractivity contribution in [1.29, 1.82) is 0 Å². The third-order valence-corrected chi connectivity index (χ3v) is 18.2. The zero-order valence-electron chi connectivity index (χ0n) is 54.5. The number of ether oxygens (including phenoxy) is 4. The van der Waals surface area contributed by atoms with E-state index in [0.29, 0.717) is 25.7 Å². The first kappa shape index (κ1) is 82.1. The number of phosphoric acid groups is 2. The molecule has 6 unspecified atom stereocenters. The average Bonchev–Trinajstić information content (AvgIpc) is 3.52. The zero-order valence-corrected chi connectivity index (χ0v) is 56.3. The van der Waals surface area contributed by atoms with Crippen LogP contribution in [-0.4, -0.2) is 96.7 Å². The molecule has 0 rings (SSSR count). The van der Waals surface area contributed by atoms with Gasteiger partial charge in [-0.15, -0.1) is 0 Å². The number of aliphatic hydroxyl groups is 1. The molecule has 0 amide bonds. The summed E-state index contributed by atoms with van der Waals surface area (Å²) in [4.78, 5) is 72.3. The van der Waals surface area contributed by atoms with E-state index in [2.05, 4.69) is 55.4 Å². The van der Waals surface area contributed by atoms with Gasteiger partial charge in [-0.25, -0.2) is 9.13 Å². The van der Waals surface area contributed by atoms with Crippen molar-refractivity contribution in [3.63, 3.8) is 0 Å². The highest BCUT2D eigenvalue weighted by Crippen LogP contribution is 2.45. The molecule has 0 aliphatic heterocycles. The first-order chi connectivity index (χ1) is 40.2. The molecule has 0 saturated carbocycles. The van der Waals surface area contributed by atoms with Gasteiger partial charge in [-0.2, -0.15) is 0 Å². The molecule has 0 saturated heterocycles. The fourth-order valence-corrected chi connectivity index (χ4v) is 11.1. The van der Waals surface area contributed by atoms with Gasteiger partial charge in [0, 0.05) is 25.7 Å². The van der Waals surface area contributed by atoms with E-state index in [-0.39, 0.29) is 25.7 Å². The molecule has 0 aromatic heterocycles. The summed E-state index contributed by atoms with van der Waals surface area (Å²) in [7, 11) is -9.89. The molecular weight excluding hydrogens is 1110 g/mol. The molecule has 0 spiro atoms. The fourth-order valence-electron chi connectivity index (χ4n) is 9.48. The minimum atomic E-state index is -4.95. The summed E-state index contributed by atoms with van der Waals surface area (Å²) >= 11 is 0. The van der Waals surface area contributed by atoms with E-state index < -0.39 is 97.5 Å². The smallest absolute Gasteiger partial charge is 0.462 e. The SMILES string of the molecule is CCC(C)CCCCCCCCCCC(=O)O[C@H](COC(=O)CCCCCCCCC(C)CC)COP(=O)(O)OCC(O)COP(=O)(O)OC[C@@H](COC(=O)CCCCCCCCC(C)CC)OC(=O)CCCCCCCCCCC(C)CC. The average molecular weight is 1240 g/mol. The Kier molecular flexibility index (Phi) is 53.9. The summed E-state index contributed by atoms with van der Waals surface area (Å²) in [5.41, 5.74) is 0. The van der Waals surface area contributed by atoms with Crippen molar-refractivity contribution in [2.45, 2.75) is 331 Å². The Morgan fingerprint density at radius 1 is 0.321 bits per heavy atom. The van der Waals surface area contributed by atoms with Crippen molar-refractivity contribution in [1.82, 2.24) is 0 Å². The molecule has 0 bridgehead atoms. The molecule has 19 heteroatoms. The maximum Gasteiger partial charge on any atom is 0.472 e. The van der Waals surface area contributed by atoms with Gasteiger partial charge in [0.2, 0.25) is 0 Å². The minimum Gasteiger partial charge on any atom is -0.462 e. The Morgan fingerprint density at radius 2 is 0.536 bits per heavy atom. The summed E-state index contributed by atoms with van der Waals surface area (Å²) < 4.78 is 68.1. The van der Waals surface area contributed by atoms with Gasteiger partial charge >= 0.3 is 39.5 Å². The summed E-state index contributed by atoms with van der Waals surface area (Å²) in [6, 6.07) is 0. The van der Waals surface area contributed by atoms with Gasteiger partial charge in [0.25, 0.3) is 0 Å². The van der Waals surface area contributed by atoms with E-state index in [1.54, 1.807) is 0 Å². The van der Waals surface area contributed by atoms with Crippen molar-refractivity contribution in [2.24, 2.45) is 23.7 Å². The van der Waals surface area contributed by atoms with Gasteiger partial charge in [-0.05, 0) is 49.4 Å². The second-order valence-corrected chi connectivity index (χ2v) is 27.4. The van der Waals surface area contributed by atoms with Crippen LogP contribution in [0.2, 0.25) is 0 Å². The standard InChI is InChI=1S/C65H126O17P2/c1-9-55(5)41-33-25-17-13-15-19-31-39-47-64(69)81-60(51-75-62(67)45-37-29-23-21-27-35-43-57(7)11-3)53-79-83(71,72)77-49-59(66)50-78-84(73,74)80-54-61(52-76-63(68)46-38-30-24-22-28-36-44-58(8)12-4)82-65(70)48-40-32-20-16-14-18-26-34-42-56(6)10-2/h55-61,66H,9-54H2,1-8H3,(H,71,72)(H,73,74)/t55?,56?,57?,58?,59?,60-,61-/m1/s1. The van der Waals surface area contributed by atoms with Crippen LogP contribution in [0.15, 0.2) is 0 Å². The monoisotopic (exact) mass is 1240 g/mol. The predicted octanol–water partition coefficient (Wildman–Crippen LogP) is 17.8. The largest absolute Gasteiger partial charge is 0.472 e. The Labute approximate surface area is 511 Å².